The molecule has 0 aliphatic heterocycles. The molecule has 0 aliphatic rings. The summed E-state index contributed by atoms with van der Waals surface area (Å²) < 4.78 is 5.29. The van der Waals surface area contributed by atoms with Crippen molar-refractivity contribution in [1.29, 1.82) is 5.26 Å². The SMILES string of the molecule is COc1ccc(Cl)cc1CNc1cc(C#N)ccc1C(C)=O. The van der Waals surface area contributed by atoms with Crippen molar-refractivity contribution in [2.24, 2.45) is 0 Å². The summed E-state index contributed by atoms with van der Waals surface area (Å²) in [5.74, 6) is 0.641. The molecule has 0 atom stereocenters. The first-order chi connectivity index (χ1) is 10.5. The fraction of sp³-hybridized carbons (Fsp3) is 0.176. The van der Waals surface area contributed by atoms with E-state index in [2.05, 4.69) is 11.4 Å². The van der Waals surface area contributed by atoms with Crippen LogP contribution in [-0.2, 0) is 6.54 Å². The van der Waals surface area contributed by atoms with Crippen molar-refractivity contribution in [1.82, 2.24) is 0 Å². The van der Waals surface area contributed by atoms with Crippen molar-refractivity contribution in [3.8, 4) is 11.8 Å². The number of hydrogen-bond donors (Lipinski definition) is 1. The summed E-state index contributed by atoms with van der Waals surface area (Å²) in [4.78, 5) is 11.7. The van der Waals surface area contributed by atoms with E-state index in [-0.39, 0.29) is 5.78 Å². The second-order valence-corrected chi connectivity index (χ2v) is 5.17. The zero-order chi connectivity index (χ0) is 16.1. The average molecular weight is 315 g/mol. The van der Waals surface area contributed by atoms with Gasteiger partial charge in [-0.15, -0.1) is 0 Å². The Balaban J connectivity index is 2.30. The standard InChI is InChI=1S/C17H15ClN2O2/c1-11(21)15-5-3-12(9-19)7-16(15)20-10-13-8-14(18)4-6-17(13)22-2/h3-8,20H,10H2,1-2H3. The molecule has 5 heteroatoms. The van der Waals surface area contributed by atoms with Crippen LogP contribution in [0.5, 0.6) is 5.75 Å². The molecule has 0 spiro atoms. The van der Waals surface area contributed by atoms with Gasteiger partial charge in [0.2, 0.25) is 0 Å². The minimum atomic E-state index is -0.0648. The van der Waals surface area contributed by atoms with Gasteiger partial charge in [0, 0.05) is 28.4 Å². The number of carbonyl (C=O) groups is 1. The van der Waals surface area contributed by atoms with E-state index >= 15 is 0 Å². The summed E-state index contributed by atoms with van der Waals surface area (Å²) in [5.41, 5.74) is 2.52. The Morgan fingerprint density at radius 3 is 2.73 bits per heavy atom. The van der Waals surface area contributed by atoms with Gasteiger partial charge in [0.25, 0.3) is 0 Å². The van der Waals surface area contributed by atoms with E-state index in [4.69, 9.17) is 21.6 Å². The Labute approximate surface area is 134 Å². The fourth-order valence-electron chi connectivity index (χ4n) is 2.14. The van der Waals surface area contributed by atoms with Gasteiger partial charge in [-0.3, -0.25) is 4.79 Å². The summed E-state index contributed by atoms with van der Waals surface area (Å²) in [6.45, 7) is 1.92. The van der Waals surface area contributed by atoms with Crippen molar-refractivity contribution in [3.63, 3.8) is 0 Å². The van der Waals surface area contributed by atoms with E-state index in [9.17, 15) is 4.79 Å². The minimum Gasteiger partial charge on any atom is -0.496 e. The van der Waals surface area contributed by atoms with Crippen molar-refractivity contribution >= 4 is 23.1 Å². The molecule has 0 heterocycles. The molecule has 22 heavy (non-hydrogen) atoms. The monoisotopic (exact) mass is 314 g/mol. The molecule has 0 saturated heterocycles. The van der Waals surface area contributed by atoms with Gasteiger partial charge in [0.1, 0.15) is 5.75 Å². The molecule has 0 amide bonds. The van der Waals surface area contributed by atoms with Gasteiger partial charge in [-0.05, 0) is 43.3 Å². The second kappa shape index (κ2) is 6.97. The van der Waals surface area contributed by atoms with Crippen LogP contribution < -0.4 is 10.1 Å². The summed E-state index contributed by atoms with van der Waals surface area (Å²) in [6.07, 6.45) is 0. The molecule has 0 fully saturated rings. The number of ether oxygens (including phenoxy) is 1. The lowest BCUT2D eigenvalue weighted by Gasteiger charge is -2.13. The Kier molecular flexibility index (Phi) is 5.03. The quantitative estimate of drug-likeness (QED) is 0.846. The van der Waals surface area contributed by atoms with Crippen LogP contribution in [0.25, 0.3) is 0 Å². The smallest absolute Gasteiger partial charge is 0.161 e. The minimum absolute atomic E-state index is 0.0648. The van der Waals surface area contributed by atoms with Gasteiger partial charge < -0.3 is 10.1 Å². The zero-order valence-electron chi connectivity index (χ0n) is 12.3. The first-order valence-corrected chi connectivity index (χ1v) is 7.04. The predicted molar refractivity (Wildman–Crippen MR) is 86.5 cm³/mol. The van der Waals surface area contributed by atoms with E-state index in [1.165, 1.54) is 6.92 Å². The first kappa shape index (κ1) is 15.9. The molecule has 2 aromatic carbocycles. The number of nitrogens with one attached hydrogen (secondary N) is 1. The number of nitrogens with zero attached hydrogens (tertiary/aromatic N) is 1. The Morgan fingerprint density at radius 1 is 1.32 bits per heavy atom. The molecule has 0 radical (unpaired) electrons. The maximum absolute atomic E-state index is 11.7. The highest BCUT2D eigenvalue weighted by Crippen LogP contribution is 2.25. The highest BCUT2D eigenvalue weighted by Gasteiger charge is 2.10. The number of benzene rings is 2. The summed E-state index contributed by atoms with van der Waals surface area (Å²) in [7, 11) is 1.59. The van der Waals surface area contributed by atoms with E-state index in [0.717, 1.165) is 5.56 Å². The van der Waals surface area contributed by atoms with Gasteiger partial charge in [0.05, 0.1) is 18.7 Å². The highest BCUT2D eigenvalue weighted by molar-refractivity contribution is 6.30. The number of ketones is 1. The third-order valence-electron chi connectivity index (χ3n) is 3.24. The molecule has 0 bridgehead atoms. The van der Waals surface area contributed by atoms with Crippen LogP contribution >= 0.6 is 11.6 Å². The molecule has 0 unspecified atom stereocenters. The van der Waals surface area contributed by atoms with E-state index in [1.54, 1.807) is 43.5 Å². The largest absolute Gasteiger partial charge is 0.496 e. The second-order valence-electron chi connectivity index (χ2n) is 4.74. The third-order valence-corrected chi connectivity index (χ3v) is 3.47. The molecular weight excluding hydrogens is 300 g/mol. The Bertz CT molecular complexity index is 751. The van der Waals surface area contributed by atoms with Crippen molar-refractivity contribution in [2.45, 2.75) is 13.5 Å². The third kappa shape index (κ3) is 3.57. The van der Waals surface area contributed by atoms with Crippen molar-refractivity contribution in [3.05, 3.63) is 58.1 Å². The number of halogens is 1. The molecule has 2 rings (SSSR count). The van der Waals surface area contributed by atoms with Gasteiger partial charge in [-0.2, -0.15) is 5.26 Å². The van der Waals surface area contributed by atoms with Crippen LogP contribution in [0.15, 0.2) is 36.4 Å². The zero-order valence-corrected chi connectivity index (χ0v) is 13.1. The van der Waals surface area contributed by atoms with Crippen molar-refractivity contribution in [2.75, 3.05) is 12.4 Å². The van der Waals surface area contributed by atoms with Gasteiger partial charge >= 0.3 is 0 Å². The Morgan fingerprint density at radius 2 is 2.09 bits per heavy atom. The lowest BCUT2D eigenvalue weighted by atomic mass is 10.1. The van der Waals surface area contributed by atoms with Crippen molar-refractivity contribution < 1.29 is 9.53 Å². The molecule has 4 nitrogen and oxygen atoms in total. The molecule has 0 aliphatic carbocycles. The average Bonchev–Trinajstić information content (AvgIpc) is 2.52. The predicted octanol–water partition coefficient (Wildman–Crippen LogP) is 4.03. The molecule has 0 saturated carbocycles. The van der Waals surface area contributed by atoms with E-state index < -0.39 is 0 Å². The van der Waals surface area contributed by atoms with Crippen LogP contribution in [0.4, 0.5) is 5.69 Å². The lowest BCUT2D eigenvalue weighted by Crippen LogP contribution is -2.06. The number of Topliss-reactive ketones (excluding diaryl/α,β-unsaturated/α-hetero) is 1. The summed E-state index contributed by atoms with van der Waals surface area (Å²) in [6, 6.07) is 12.3. The molecule has 1 N–H and O–H groups in total. The van der Waals surface area contributed by atoms with Crippen LogP contribution in [0, 0.1) is 11.3 Å². The maximum Gasteiger partial charge on any atom is 0.161 e. The Hall–Kier alpha value is -2.51. The topological polar surface area (TPSA) is 62.1 Å². The molecule has 112 valence electrons. The number of methoxy groups -OCH3 is 1. The number of carbonyl (C=O) groups excluding carboxylic acids is 1. The molecule has 2 aromatic rings. The normalized spacial score (nSPS) is 9.91. The molecular formula is C17H15ClN2O2. The van der Waals surface area contributed by atoms with E-state index in [1.807, 2.05) is 0 Å². The first-order valence-electron chi connectivity index (χ1n) is 6.66. The summed E-state index contributed by atoms with van der Waals surface area (Å²) >= 11 is 6.00. The van der Waals surface area contributed by atoms with Gasteiger partial charge in [0.15, 0.2) is 5.78 Å². The number of nitriles is 1. The maximum atomic E-state index is 11.7. The summed E-state index contributed by atoms with van der Waals surface area (Å²) in [5, 5.41) is 12.8. The van der Waals surface area contributed by atoms with Gasteiger partial charge in [-0.1, -0.05) is 11.6 Å². The van der Waals surface area contributed by atoms with Crippen LogP contribution in [-0.4, -0.2) is 12.9 Å². The van der Waals surface area contributed by atoms with Gasteiger partial charge in [-0.25, -0.2) is 0 Å². The molecule has 0 aromatic heterocycles. The van der Waals surface area contributed by atoms with Crippen LogP contribution in [0.3, 0.4) is 0 Å². The highest BCUT2D eigenvalue weighted by atomic mass is 35.5. The number of anilines is 1. The number of hydrogen-bond acceptors (Lipinski definition) is 4. The lowest BCUT2D eigenvalue weighted by molar-refractivity contribution is 0.101. The number of rotatable bonds is 5. The fourth-order valence-corrected chi connectivity index (χ4v) is 2.34. The van der Waals surface area contributed by atoms with Crippen LogP contribution in [0.2, 0.25) is 5.02 Å². The van der Waals surface area contributed by atoms with E-state index in [0.29, 0.717) is 34.1 Å². The van der Waals surface area contributed by atoms with Crippen LogP contribution in [0.1, 0.15) is 28.4 Å².